The first kappa shape index (κ1) is 30.2. The molecule has 0 aliphatic carbocycles. The molecule has 0 heterocycles. The second-order valence-electron chi connectivity index (χ2n) is 9.32. The molecule has 4 rings (SSSR count). The van der Waals surface area contributed by atoms with E-state index in [-0.39, 0.29) is 23.1 Å². The van der Waals surface area contributed by atoms with Crippen molar-refractivity contribution in [3.05, 3.63) is 113 Å². The summed E-state index contributed by atoms with van der Waals surface area (Å²) >= 11 is 0. The first-order valence-corrected chi connectivity index (χ1v) is 12.4. The molecule has 2 N–H and O–H groups in total. The Bertz CT molecular complexity index is 1600. The Kier molecular flexibility index (Phi) is 8.60. The number of ether oxygens (including phenoxy) is 1. The number of rotatable bonds is 7. The van der Waals surface area contributed by atoms with Gasteiger partial charge in [0.15, 0.2) is 0 Å². The summed E-state index contributed by atoms with van der Waals surface area (Å²) in [6.07, 6.45) is -9.42. The van der Waals surface area contributed by atoms with Gasteiger partial charge in [0, 0.05) is 0 Å². The summed E-state index contributed by atoms with van der Waals surface area (Å²) in [6.45, 7) is 0. The number of benzene rings is 4. The second kappa shape index (κ2) is 12.0. The van der Waals surface area contributed by atoms with Crippen molar-refractivity contribution in [1.82, 2.24) is 5.32 Å². The monoisotopic (exact) mass is 587 g/mol. The number of carbonyl (C=O) groups excluding carboxylic acids is 2. The van der Waals surface area contributed by atoms with Gasteiger partial charge >= 0.3 is 18.3 Å². The average molecular weight is 588 g/mol. The maximum Gasteiger partial charge on any atom is 0.416 e. The van der Waals surface area contributed by atoms with Crippen LogP contribution in [0, 0.1) is 0 Å². The fourth-order valence-corrected chi connectivity index (χ4v) is 4.29. The van der Waals surface area contributed by atoms with Gasteiger partial charge in [-0.2, -0.15) is 26.3 Å². The van der Waals surface area contributed by atoms with E-state index in [1.54, 1.807) is 0 Å². The molecule has 0 aromatic heterocycles. The smallest absolute Gasteiger partial charge is 0.416 e. The molecule has 0 aliphatic heterocycles. The molecule has 1 amide bonds. The van der Waals surface area contributed by atoms with Crippen LogP contribution in [0.3, 0.4) is 0 Å². The number of halogens is 6. The van der Waals surface area contributed by atoms with Gasteiger partial charge in [0.1, 0.15) is 5.75 Å². The number of esters is 1. The van der Waals surface area contributed by atoms with E-state index in [1.807, 2.05) is 0 Å². The van der Waals surface area contributed by atoms with Crippen LogP contribution in [0.4, 0.5) is 26.3 Å². The maximum atomic E-state index is 13.2. The van der Waals surface area contributed by atoms with E-state index in [4.69, 9.17) is 4.74 Å². The van der Waals surface area contributed by atoms with Gasteiger partial charge in [-0.1, -0.05) is 54.6 Å². The second-order valence-corrected chi connectivity index (χ2v) is 9.32. The van der Waals surface area contributed by atoms with Gasteiger partial charge < -0.3 is 15.2 Å². The van der Waals surface area contributed by atoms with Gasteiger partial charge in [-0.3, -0.25) is 9.59 Å². The third-order valence-corrected chi connectivity index (χ3v) is 6.50. The van der Waals surface area contributed by atoms with E-state index in [0.717, 1.165) is 31.4 Å². The van der Waals surface area contributed by atoms with Crippen LogP contribution >= 0.6 is 0 Å². The van der Waals surface area contributed by atoms with Crippen LogP contribution in [-0.4, -0.2) is 24.1 Å². The normalized spacial score (nSPS) is 12.5. The van der Waals surface area contributed by atoms with E-state index in [1.165, 1.54) is 66.7 Å². The van der Waals surface area contributed by atoms with Crippen molar-refractivity contribution >= 4 is 11.9 Å². The van der Waals surface area contributed by atoms with Crippen molar-refractivity contribution < 1.29 is 45.8 Å². The Morgan fingerprint density at radius 3 is 1.76 bits per heavy atom. The summed E-state index contributed by atoms with van der Waals surface area (Å²) in [5.41, 5.74) is -0.369. The third-order valence-electron chi connectivity index (χ3n) is 6.50. The van der Waals surface area contributed by atoms with Gasteiger partial charge in [0.25, 0.3) is 5.91 Å². The number of alkyl halides is 6. The quantitative estimate of drug-likeness (QED) is 0.171. The van der Waals surface area contributed by atoms with E-state index >= 15 is 0 Å². The highest BCUT2D eigenvalue weighted by molar-refractivity contribution is 5.98. The van der Waals surface area contributed by atoms with E-state index in [2.05, 4.69) is 5.32 Å². The molecule has 11 heteroatoms. The van der Waals surface area contributed by atoms with Crippen LogP contribution in [0.2, 0.25) is 0 Å². The van der Waals surface area contributed by atoms with Gasteiger partial charge in [-0.25, -0.2) is 0 Å². The number of methoxy groups -OCH3 is 1. The third kappa shape index (κ3) is 7.09. The molecule has 4 aromatic carbocycles. The van der Waals surface area contributed by atoms with E-state index in [0.29, 0.717) is 16.7 Å². The standard InChI is InChI=1S/C31H23F6NO4/c1-42-28(40)17-26(19-10-8-18(9-11-19)20-4-2-6-23(14-20)30(32,33)34)38-29(41)25-16-22(12-13-27(25)39)21-5-3-7-24(15-21)31(35,36)37/h2-16,26,39H,17H2,1H3,(H,38,41). The minimum atomic E-state index is -4.58. The van der Waals surface area contributed by atoms with Crippen LogP contribution in [-0.2, 0) is 21.9 Å². The topological polar surface area (TPSA) is 75.6 Å². The lowest BCUT2D eigenvalue weighted by atomic mass is 9.97. The number of nitrogens with one attached hydrogen (secondary N) is 1. The average Bonchev–Trinajstić information content (AvgIpc) is 2.96. The van der Waals surface area contributed by atoms with Gasteiger partial charge in [-0.05, 0) is 64.2 Å². The predicted octanol–water partition coefficient (Wildman–Crippen LogP) is 7.80. The number of carbonyl (C=O) groups is 2. The zero-order valence-electron chi connectivity index (χ0n) is 21.9. The highest BCUT2D eigenvalue weighted by Crippen LogP contribution is 2.35. The van der Waals surface area contributed by atoms with Crippen molar-refractivity contribution in [1.29, 1.82) is 0 Å². The summed E-state index contributed by atoms with van der Waals surface area (Å²) < 4.78 is 83.7. The molecule has 0 aliphatic rings. The minimum absolute atomic E-state index is 0.162. The lowest BCUT2D eigenvalue weighted by molar-refractivity contribution is -0.141. The maximum absolute atomic E-state index is 13.2. The fourth-order valence-electron chi connectivity index (χ4n) is 4.29. The van der Waals surface area contributed by atoms with Crippen molar-refractivity contribution in [3.63, 3.8) is 0 Å². The number of phenolic OH excluding ortho intramolecular Hbond substituents is 1. The molecule has 4 aromatic rings. The van der Waals surface area contributed by atoms with Gasteiger partial charge in [0.05, 0.1) is 36.3 Å². The molecule has 42 heavy (non-hydrogen) atoms. The summed E-state index contributed by atoms with van der Waals surface area (Å²) in [5, 5.41) is 13.0. The highest BCUT2D eigenvalue weighted by Gasteiger charge is 2.31. The van der Waals surface area contributed by atoms with Crippen LogP contribution in [0.1, 0.15) is 39.5 Å². The Morgan fingerprint density at radius 2 is 1.24 bits per heavy atom. The minimum Gasteiger partial charge on any atom is -0.507 e. The number of phenols is 1. The molecular formula is C31H23F6NO4. The van der Waals surface area contributed by atoms with E-state index in [9.17, 15) is 41.0 Å². The molecule has 5 nitrogen and oxygen atoms in total. The lowest BCUT2D eigenvalue weighted by Crippen LogP contribution is -2.30. The lowest BCUT2D eigenvalue weighted by Gasteiger charge is -2.19. The molecule has 0 spiro atoms. The Labute approximate surface area is 236 Å². The SMILES string of the molecule is COC(=O)CC(NC(=O)c1cc(-c2cccc(C(F)(F)F)c2)ccc1O)c1ccc(-c2cccc(C(F)(F)F)c2)cc1. The van der Waals surface area contributed by atoms with Crippen molar-refractivity contribution in [2.24, 2.45) is 0 Å². The van der Waals surface area contributed by atoms with E-state index < -0.39 is 47.1 Å². The molecule has 0 bridgehead atoms. The summed E-state index contributed by atoms with van der Waals surface area (Å²) in [5.74, 6) is -1.94. The molecule has 0 fully saturated rings. The Morgan fingerprint density at radius 1 is 0.738 bits per heavy atom. The number of hydrogen-bond acceptors (Lipinski definition) is 4. The molecule has 0 radical (unpaired) electrons. The van der Waals surface area contributed by atoms with Crippen molar-refractivity contribution in [2.75, 3.05) is 7.11 Å². The van der Waals surface area contributed by atoms with Crippen LogP contribution in [0.15, 0.2) is 91.0 Å². The molecule has 0 saturated heterocycles. The largest absolute Gasteiger partial charge is 0.507 e. The summed E-state index contributed by atoms with van der Waals surface area (Å²) in [7, 11) is 1.16. The van der Waals surface area contributed by atoms with Crippen LogP contribution < -0.4 is 5.32 Å². The van der Waals surface area contributed by atoms with Crippen molar-refractivity contribution in [3.8, 4) is 28.0 Å². The molecule has 0 saturated carbocycles. The highest BCUT2D eigenvalue weighted by atomic mass is 19.4. The summed E-state index contributed by atoms with van der Waals surface area (Å²) in [6, 6.07) is 18.1. The van der Waals surface area contributed by atoms with Gasteiger partial charge in [-0.15, -0.1) is 0 Å². The molecular weight excluding hydrogens is 564 g/mol. The van der Waals surface area contributed by atoms with Gasteiger partial charge in [0.2, 0.25) is 0 Å². The predicted molar refractivity (Wildman–Crippen MR) is 142 cm³/mol. The van der Waals surface area contributed by atoms with Crippen molar-refractivity contribution in [2.45, 2.75) is 24.8 Å². The summed E-state index contributed by atoms with van der Waals surface area (Å²) in [4.78, 5) is 25.4. The number of hydrogen-bond donors (Lipinski definition) is 2. The zero-order valence-corrected chi connectivity index (χ0v) is 21.9. The van der Waals surface area contributed by atoms with Crippen LogP contribution in [0.5, 0.6) is 5.75 Å². The first-order chi connectivity index (χ1) is 19.8. The number of amides is 1. The number of aromatic hydroxyl groups is 1. The van der Waals surface area contributed by atoms with Crippen LogP contribution in [0.25, 0.3) is 22.3 Å². The Balaban J connectivity index is 1.62. The first-order valence-electron chi connectivity index (χ1n) is 12.4. The fraction of sp³-hybridized carbons (Fsp3) is 0.161. The Hall–Kier alpha value is -4.80. The molecule has 218 valence electrons. The zero-order chi connectivity index (χ0) is 30.7. The molecule has 1 atom stereocenters. The molecule has 1 unspecified atom stereocenters.